The molecule has 1 rings (SSSR count). The third kappa shape index (κ3) is 11.8. The zero-order valence-corrected chi connectivity index (χ0v) is 19.8. The summed E-state index contributed by atoms with van der Waals surface area (Å²) in [7, 11) is 0. The first-order valence-corrected chi connectivity index (χ1v) is 10.5. The van der Waals surface area contributed by atoms with Gasteiger partial charge in [0.25, 0.3) is 0 Å². The molecule has 1 atom stereocenters. The molecule has 1 aromatic carbocycles. The van der Waals surface area contributed by atoms with E-state index in [0.29, 0.717) is 5.56 Å². The molecule has 0 spiro atoms. The van der Waals surface area contributed by atoms with Gasteiger partial charge in [0.05, 0.1) is 18.3 Å². The van der Waals surface area contributed by atoms with Crippen LogP contribution in [0.2, 0.25) is 0 Å². The third-order valence-electron chi connectivity index (χ3n) is 3.56. The molecule has 0 saturated carbocycles. The van der Waals surface area contributed by atoms with E-state index in [1.807, 2.05) is 0 Å². The lowest BCUT2D eigenvalue weighted by molar-refractivity contribution is -0.148. The first-order chi connectivity index (χ1) is 15.5. The van der Waals surface area contributed by atoms with Gasteiger partial charge in [-0.2, -0.15) is 0 Å². The van der Waals surface area contributed by atoms with Crippen LogP contribution in [0.1, 0.15) is 47.1 Å². The second kappa shape index (κ2) is 14.0. The van der Waals surface area contributed by atoms with Crippen molar-refractivity contribution in [2.45, 2.75) is 72.3 Å². The summed E-state index contributed by atoms with van der Waals surface area (Å²) < 4.78 is 35.4. The lowest BCUT2D eigenvalue weighted by Gasteiger charge is -2.17. The molecule has 1 aromatic rings. The Hall–Kier alpha value is -3.21. The normalized spacial score (nSPS) is 11.7. The molecular weight excluding hydrogens is 438 g/mol. The van der Waals surface area contributed by atoms with Crippen molar-refractivity contribution in [2.24, 2.45) is 5.73 Å². The maximum Gasteiger partial charge on any atom is 0.511 e. The summed E-state index contributed by atoms with van der Waals surface area (Å²) >= 11 is 0. The Balaban J connectivity index is 2.84. The molecule has 33 heavy (non-hydrogen) atoms. The van der Waals surface area contributed by atoms with Crippen molar-refractivity contribution < 1.29 is 47.5 Å². The van der Waals surface area contributed by atoms with Gasteiger partial charge in [-0.15, -0.1) is 0 Å². The van der Waals surface area contributed by atoms with E-state index in [4.69, 9.17) is 38.9 Å². The van der Waals surface area contributed by atoms with Crippen molar-refractivity contribution in [1.82, 2.24) is 0 Å². The minimum atomic E-state index is -0.901. The zero-order chi connectivity index (χ0) is 25.0. The monoisotopic (exact) mass is 471 g/mol. The number of carbonyl (C=O) groups excluding carboxylic acids is 3. The SMILES string of the molecule is CC(C)OC(=O)OCOc1ccc(C[C@@H](N)C(=O)OC(C)C)cc1OCOC(=O)OC(C)C. The predicted molar refractivity (Wildman–Crippen MR) is 116 cm³/mol. The summed E-state index contributed by atoms with van der Waals surface area (Å²) in [5, 5.41) is 0. The minimum absolute atomic E-state index is 0.162. The first kappa shape index (κ1) is 27.8. The topological polar surface area (TPSA) is 142 Å². The van der Waals surface area contributed by atoms with E-state index >= 15 is 0 Å². The van der Waals surface area contributed by atoms with E-state index in [-0.39, 0.29) is 36.2 Å². The predicted octanol–water partition coefficient (Wildman–Crippen LogP) is 3.30. The number of benzene rings is 1. The van der Waals surface area contributed by atoms with Gasteiger partial charge >= 0.3 is 18.3 Å². The molecule has 0 aliphatic rings. The molecule has 0 heterocycles. The van der Waals surface area contributed by atoms with E-state index in [2.05, 4.69) is 0 Å². The lowest BCUT2D eigenvalue weighted by atomic mass is 10.1. The molecule has 186 valence electrons. The van der Waals surface area contributed by atoms with Crippen LogP contribution in [0, 0.1) is 0 Å². The molecule has 0 fully saturated rings. The van der Waals surface area contributed by atoms with Gasteiger partial charge in [0.1, 0.15) is 6.04 Å². The van der Waals surface area contributed by atoms with Crippen molar-refractivity contribution in [1.29, 1.82) is 0 Å². The molecule has 0 aromatic heterocycles. The first-order valence-electron chi connectivity index (χ1n) is 10.5. The molecule has 11 nitrogen and oxygen atoms in total. The molecule has 0 radical (unpaired) electrons. The summed E-state index contributed by atoms with van der Waals surface area (Å²) in [4.78, 5) is 35.0. The van der Waals surface area contributed by atoms with Crippen molar-refractivity contribution in [3.63, 3.8) is 0 Å². The van der Waals surface area contributed by atoms with Crippen LogP contribution < -0.4 is 15.2 Å². The molecule has 11 heteroatoms. The summed E-state index contributed by atoms with van der Waals surface area (Å²) in [5.74, 6) is -0.185. The van der Waals surface area contributed by atoms with Crippen LogP contribution in [-0.4, -0.2) is 56.2 Å². The van der Waals surface area contributed by atoms with Crippen molar-refractivity contribution >= 4 is 18.3 Å². The highest BCUT2D eigenvalue weighted by molar-refractivity contribution is 5.76. The number of ether oxygens (including phenoxy) is 7. The highest BCUT2D eigenvalue weighted by Crippen LogP contribution is 2.29. The van der Waals surface area contributed by atoms with Crippen molar-refractivity contribution in [3.8, 4) is 11.5 Å². The molecule has 0 aliphatic heterocycles. The summed E-state index contributed by atoms with van der Waals surface area (Å²) in [6.45, 7) is 9.25. The number of hydrogen-bond donors (Lipinski definition) is 1. The van der Waals surface area contributed by atoms with Crippen molar-refractivity contribution in [2.75, 3.05) is 13.6 Å². The molecule has 0 aliphatic carbocycles. The second-order valence-corrected chi connectivity index (χ2v) is 7.72. The Morgan fingerprint density at radius 2 is 1.24 bits per heavy atom. The lowest BCUT2D eigenvalue weighted by Crippen LogP contribution is -2.35. The van der Waals surface area contributed by atoms with Gasteiger partial charge in [0.15, 0.2) is 11.5 Å². The number of carbonyl (C=O) groups is 3. The fourth-order valence-corrected chi connectivity index (χ4v) is 2.30. The molecule has 2 N–H and O–H groups in total. The van der Waals surface area contributed by atoms with Crippen LogP contribution in [0.25, 0.3) is 0 Å². The smallest absolute Gasteiger partial charge is 0.462 e. The van der Waals surface area contributed by atoms with Crippen LogP contribution in [-0.2, 0) is 34.9 Å². The van der Waals surface area contributed by atoms with E-state index in [0.717, 1.165) is 0 Å². The van der Waals surface area contributed by atoms with E-state index < -0.39 is 37.9 Å². The molecule has 0 bridgehead atoms. The van der Waals surface area contributed by atoms with Gasteiger partial charge in [0.2, 0.25) is 13.6 Å². The number of rotatable bonds is 12. The standard InChI is InChI=1S/C22H33NO10/c1-13(2)31-20(24)17(23)9-16-7-8-18(27-11-29-21(25)32-14(3)4)19(10-16)28-12-30-22(26)33-15(5)6/h7-8,10,13-15,17H,9,11-12,23H2,1-6H3/t17-/m1/s1. The highest BCUT2D eigenvalue weighted by atomic mass is 16.8. The van der Waals surface area contributed by atoms with Gasteiger partial charge in [-0.3, -0.25) is 4.79 Å². The summed E-state index contributed by atoms with van der Waals surface area (Å²) in [6.07, 6.45) is -2.61. The van der Waals surface area contributed by atoms with Crippen LogP contribution in [0.3, 0.4) is 0 Å². The number of hydrogen-bond acceptors (Lipinski definition) is 11. The van der Waals surface area contributed by atoms with Crippen LogP contribution in [0.15, 0.2) is 18.2 Å². The van der Waals surface area contributed by atoms with E-state index in [1.165, 1.54) is 6.07 Å². The summed E-state index contributed by atoms with van der Waals surface area (Å²) in [5.41, 5.74) is 6.56. The zero-order valence-electron chi connectivity index (χ0n) is 19.8. The van der Waals surface area contributed by atoms with Gasteiger partial charge in [-0.05, 0) is 65.7 Å². The van der Waals surface area contributed by atoms with Gasteiger partial charge < -0.3 is 38.9 Å². The summed E-state index contributed by atoms with van der Waals surface area (Å²) in [6, 6.07) is 3.86. The van der Waals surface area contributed by atoms with E-state index in [9.17, 15) is 14.4 Å². The van der Waals surface area contributed by atoms with Gasteiger partial charge in [-0.1, -0.05) is 6.07 Å². The number of esters is 1. The Morgan fingerprint density at radius 1 is 0.758 bits per heavy atom. The van der Waals surface area contributed by atoms with Crippen molar-refractivity contribution in [3.05, 3.63) is 23.8 Å². The largest absolute Gasteiger partial charge is 0.511 e. The van der Waals surface area contributed by atoms with Gasteiger partial charge in [-0.25, -0.2) is 9.59 Å². The Morgan fingerprint density at radius 3 is 1.73 bits per heavy atom. The fraction of sp³-hybridized carbons (Fsp3) is 0.591. The Bertz CT molecular complexity index is 778. The average molecular weight is 472 g/mol. The quantitative estimate of drug-likeness (QED) is 0.272. The average Bonchev–Trinajstić information content (AvgIpc) is 2.67. The maximum atomic E-state index is 12.0. The van der Waals surface area contributed by atoms with Crippen LogP contribution >= 0.6 is 0 Å². The number of nitrogens with two attached hydrogens (primary N) is 1. The fourth-order valence-electron chi connectivity index (χ4n) is 2.30. The highest BCUT2D eigenvalue weighted by Gasteiger charge is 2.19. The second-order valence-electron chi connectivity index (χ2n) is 7.72. The van der Waals surface area contributed by atoms with Gasteiger partial charge in [0, 0.05) is 0 Å². The molecule has 0 saturated heterocycles. The Labute approximate surface area is 193 Å². The van der Waals surface area contributed by atoms with Crippen LogP contribution in [0.4, 0.5) is 9.59 Å². The van der Waals surface area contributed by atoms with E-state index in [1.54, 1.807) is 53.7 Å². The molecule has 0 unspecified atom stereocenters. The maximum absolute atomic E-state index is 12.0. The molecular formula is C22H33NO10. The third-order valence-corrected chi connectivity index (χ3v) is 3.56. The Kier molecular flexibility index (Phi) is 11.8. The van der Waals surface area contributed by atoms with Crippen LogP contribution in [0.5, 0.6) is 11.5 Å². The molecule has 0 amide bonds. The minimum Gasteiger partial charge on any atom is -0.462 e.